The van der Waals surface area contributed by atoms with Crippen molar-refractivity contribution in [2.75, 3.05) is 5.32 Å². The molecule has 0 aliphatic heterocycles. The summed E-state index contributed by atoms with van der Waals surface area (Å²) >= 11 is 5.68. The normalized spacial score (nSPS) is 13.3. The second kappa shape index (κ2) is 4.74. The van der Waals surface area contributed by atoms with Crippen LogP contribution in [-0.4, -0.2) is 11.0 Å². The fraction of sp³-hybridized carbons (Fsp3) is 0.300. The molecular formula is C10H10ClF3N2. The topological polar surface area (TPSA) is 24.9 Å². The highest BCUT2D eigenvalue weighted by molar-refractivity contribution is 6.33. The van der Waals surface area contributed by atoms with E-state index in [9.17, 15) is 13.2 Å². The first-order valence-electron chi connectivity index (χ1n) is 4.46. The molecule has 1 atom stereocenters. The lowest BCUT2D eigenvalue weighted by Gasteiger charge is -2.13. The van der Waals surface area contributed by atoms with E-state index in [0.717, 1.165) is 12.3 Å². The molecule has 2 nitrogen and oxygen atoms in total. The second-order valence-corrected chi connectivity index (χ2v) is 3.63. The van der Waals surface area contributed by atoms with E-state index in [-0.39, 0.29) is 16.9 Å². The Labute approximate surface area is 96.1 Å². The van der Waals surface area contributed by atoms with Gasteiger partial charge in [-0.15, -0.1) is 6.58 Å². The van der Waals surface area contributed by atoms with Gasteiger partial charge in [-0.3, -0.25) is 0 Å². The zero-order valence-corrected chi connectivity index (χ0v) is 9.23. The molecular weight excluding hydrogens is 241 g/mol. The van der Waals surface area contributed by atoms with Gasteiger partial charge in [0.15, 0.2) is 0 Å². The van der Waals surface area contributed by atoms with Gasteiger partial charge in [-0.25, -0.2) is 4.98 Å². The zero-order valence-electron chi connectivity index (χ0n) is 8.48. The SMILES string of the molecule is C=CC(C)Nc1ncc(C(F)(F)F)cc1Cl. The van der Waals surface area contributed by atoms with Crippen LogP contribution in [-0.2, 0) is 6.18 Å². The van der Waals surface area contributed by atoms with Crippen molar-refractivity contribution in [2.24, 2.45) is 0 Å². The summed E-state index contributed by atoms with van der Waals surface area (Å²) in [5, 5.41) is 2.74. The molecule has 0 aliphatic carbocycles. The maximum absolute atomic E-state index is 12.3. The minimum atomic E-state index is -4.43. The molecule has 1 N–H and O–H groups in total. The molecule has 0 aromatic carbocycles. The highest BCUT2D eigenvalue weighted by Gasteiger charge is 2.31. The summed E-state index contributed by atoms with van der Waals surface area (Å²) < 4.78 is 36.9. The van der Waals surface area contributed by atoms with E-state index in [1.165, 1.54) is 0 Å². The molecule has 1 aromatic heterocycles. The minimum absolute atomic E-state index is 0.0662. The Bertz CT molecular complexity index is 390. The number of rotatable bonds is 3. The van der Waals surface area contributed by atoms with Crippen molar-refractivity contribution in [1.29, 1.82) is 0 Å². The predicted molar refractivity (Wildman–Crippen MR) is 57.5 cm³/mol. The van der Waals surface area contributed by atoms with Crippen molar-refractivity contribution in [2.45, 2.75) is 19.1 Å². The van der Waals surface area contributed by atoms with Crippen molar-refractivity contribution in [3.05, 3.63) is 35.5 Å². The van der Waals surface area contributed by atoms with Gasteiger partial charge in [-0.1, -0.05) is 17.7 Å². The van der Waals surface area contributed by atoms with Gasteiger partial charge in [0.05, 0.1) is 10.6 Å². The van der Waals surface area contributed by atoms with E-state index in [1.54, 1.807) is 13.0 Å². The molecule has 1 aromatic rings. The third-order valence-corrected chi connectivity index (χ3v) is 2.17. The average molecular weight is 251 g/mol. The van der Waals surface area contributed by atoms with E-state index >= 15 is 0 Å². The molecule has 1 rings (SSSR count). The van der Waals surface area contributed by atoms with Gasteiger partial charge in [0.25, 0.3) is 0 Å². The van der Waals surface area contributed by atoms with Crippen LogP contribution in [0.25, 0.3) is 0 Å². The first-order chi connectivity index (χ1) is 7.34. The second-order valence-electron chi connectivity index (χ2n) is 3.22. The van der Waals surface area contributed by atoms with Crippen molar-refractivity contribution in [3.63, 3.8) is 0 Å². The summed E-state index contributed by atoms with van der Waals surface area (Å²) in [4.78, 5) is 3.62. The Morgan fingerprint density at radius 2 is 2.19 bits per heavy atom. The Kier molecular flexibility index (Phi) is 3.80. The van der Waals surface area contributed by atoms with Crippen molar-refractivity contribution < 1.29 is 13.2 Å². The number of nitrogens with one attached hydrogen (secondary N) is 1. The number of pyridine rings is 1. The van der Waals surface area contributed by atoms with E-state index in [4.69, 9.17) is 11.6 Å². The number of hydrogen-bond acceptors (Lipinski definition) is 2. The van der Waals surface area contributed by atoms with Gasteiger partial charge in [0, 0.05) is 12.2 Å². The van der Waals surface area contributed by atoms with Crippen LogP contribution in [0.3, 0.4) is 0 Å². The van der Waals surface area contributed by atoms with Crippen LogP contribution in [0.2, 0.25) is 5.02 Å². The fourth-order valence-corrected chi connectivity index (χ4v) is 1.19. The number of anilines is 1. The molecule has 88 valence electrons. The van der Waals surface area contributed by atoms with E-state index in [2.05, 4.69) is 16.9 Å². The summed E-state index contributed by atoms with van der Waals surface area (Å²) in [7, 11) is 0. The average Bonchev–Trinajstić information content (AvgIpc) is 2.19. The standard InChI is InChI=1S/C10H10ClF3N2/c1-3-6(2)16-9-8(11)4-7(5-15-9)10(12,13)14/h3-6H,1H2,2H3,(H,15,16). The first-order valence-corrected chi connectivity index (χ1v) is 4.84. The summed E-state index contributed by atoms with van der Waals surface area (Å²) in [6, 6.07) is 0.717. The third-order valence-electron chi connectivity index (χ3n) is 1.89. The van der Waals surface area contributed by atoms with Crippen LogP contribution in [0.15, 0.2) is 24.9 Å². The molecule has 16 heavy (non-hydrogen) atoms. The lowest BCUT2D eigenvalue weighted by atomic mass is 10.2. The molecule has 0 saturated carbocycles. The highest BCUT2D eigenvalue weighted by Crippen LogP contribution is 2.32. The number of hydrogen-bond donors (Lipinski definition) is 1. The highest BCUT2D eigenvalue weighted by atomic mass is 35.5. The van der Waals surface area contributed by atoms with Crippen LogP contribution >= 0.6 is 11.6 Å². The number of halogens is 4. The van der Waals surface area contributed by atoms with Crippen LogP contribution in [0.1, 0.15) is 12.5 Å². The first kappa shape index (κ1) is 12.8. The maximum atomic E-state index is 12.3. The Morgan fingerprint density at radius 3 is 2.62 bits per heavy atom. The Balaban J connectivity index is 2.96. The minimum Gasteiger partial charge on any atom is -0.363 e. The third kappa shape index (κ3) is 3.13. The summed E-state index contributed by atoms with van der Waals surface area (Å²) in [5.41, 5.74) is -0.866. The van der Waals surface area contributed by atoms with Crippen molar-refractivity contribution in [3.8, 4) is 0 Å². The maximum Gasteiger partial charge on any atom is 0.417 e. The largest absolute Gasteiger partial charge is 0.417 e. The number of alkyl halides is 3. The Morgan fingerprint density at radius 1 is 1.56 bits per heavy atom. The fourth-order valence-electron chi connectivity index (χ4n) is 0.974. The quantitative estimate of drug-likeness (QED) is 0.827. The summed E-state index contributed by atoms with van der Waals surface area (Å²) in [5.74, 6) is 0.210. The van der Waals surface area contributed by atoms with Gasteiger partial charge in [0.2, 0.25) is 0 Å². The van der Waals surface area contributed by atoms with Crippen LogP contribution in [0, 0.1) is 0 Å². The van der Waals surface area contributed by atoms with Gasteiger partial charge in [-0.05, 0) is 13.0 Å². The molecule has 0 radical (unpaired) electrons. The van der Waals surface area contributed by atoms with E-state index in [0.29, 0.717) is 0 Å². The monoisotopic (exact) mass is 250 g/mol. The van der Waals surface area contributed by atoms with Crippen LogP contribution in [0.4, 0.5) is 19.0 Å². The van der Waals surface area contributed by atoms with E-state index < -0.39 is 11.7 Å². The smallest absolute Gasteiger partial charge is 0.363 e. The number of nitrogens with zero attached hydrogens (tertiary/aromatic N) is 1. The van der Waals surface area contributed by atoms with Gasteiger partial charge >= 0.3 is 6.18 Å². The molecule has 1 heterocycles. The van der Waals surface area contributed by atoms with E-state index in [1.807, 2.05) is 0 Å². The molecule has 0 aliphatic rings. The molecule has 0 bridgehead atoms. The molecule has 0 spiro atoms. The lowest BCUT2D eigenvalue weighted by molar-refractivity contribution is -0.137. The molecule has 0 fully saturated rings. The zero-order chi connectivity index (χ0) is 12.3. The van der Waals surface area contributed by atoms with Crippen LogP contribution < -0.4 is 5.32 Å². The number of aromatic nitrogens is 1. The molecule has 0 amide bonds. The van der Waals surface area contributed by atoms with Gasteiger partial charge in [0.1, 0.15) is 5.82 Å². The molecule has 0 saturated heterocycles. The summed E-state index contributed by atoms with van der Waals surface area (Å²) in [6.07, 6.45) is -2.10. The van der Waals surface area contributed by atoms with Crippen LogP contribution in [0.5, 0.6) is 0 Å². The van der Waals surface area contributed by atoms with Gasteiger partial charge in [-0.2, -0.15) is 13.2 Å². The van der Waals surface area contributed by atoms with Crippen molar-refractivity contribution in [1.82, 2.24) is 4.98 Å². The molecule has 1 unspecified atom stereocenters. The lowest BCUT2D eigenvalue weighted by Crippen LogP contribution is -2.14. The summed E-state index contributed by atoms with van der Waals surface area (Å²) in [6.45, 7) is 5.31. The predicted octanol–water partition coefficient (Wildman–Crippen LogP) is 3.74. The van der Waals surface area contributed by atoms with Gasteiger partial charge < -0.3 is 5.32 Å². The Hall–Kier alpha value is -1.23. The molecule has 6 heteroatoms. The van der Waals surface area contributed by atoms with Crippen molar-refractivity contribution >= 4 is 17.4 Å².